The molecule has 31 heavy (non-hydrogen) atoms. The fourth-order valence-corrected chi connectivity index (χ4v) is 8.69. The van der Waals surface area contributed by atoms with E-state index < -0.39 is 0 Å². The third-order valence-corrected chi connectivity index (χ3v) is 10.4. The number of rotatable bonds is 3. The van der Waals surface area contributed by atoms with Crippen LogP contribution in [0.4, 0.5) is 0 Å². The van der Waals surface area contributed by atoms with Crippen LogP contribution in [0.15, 0.2) is 23.8 Å². The number of fused-ring (bicyclic) bond motifs is 5. The van der Waals surface area contributed by atoms with Crippen LogP contribution in [-0.4, -0.2) is 32.1 Å². The Morgan fingerprint density at radius 3 is 2.65 bits per heavy atom. The van der Waals surface area contributed by atoms with Crippen molar-refractivity contribution in [2.75, 3.05) is 20.3 Å². The van der Waals surface area contributed by atoms with Crippen molar-refractivity contribution in [3.05, 3.63) is 23.8 Å². The summed E-state index contributed by atoms with van der Waals surface area (Å²) in [5.74, 6) is 2.92. The number of methoxy groups -OCH3 is 1. The first kappa shape index (κ1) is 21.7. The fourth-order valence-electron chi connectivity index (χ4n) is 8.69. The van der Waals surface area contributed by atoms with Gasteiger partial charge in [-0.2, -0.15) is 0 Å². The molecule has 1 saturated heterocycles. The summed E-state index contributed by atoms with van der Waals surface area (Å²) in [6.07, 6.45) is 16.1. The normalized spacial score (nSPS) is 44.5. The van der Waals surface area contributed by atoms with E-state index in [-0.39, 0.29) is 11.8 Å². The summed E-state index contributed by atoms with van der Waals surface area (Å²) in [5, 5.41) is 0. The standard InChI is InChI=1S/C27H40O4/c1-18(5-10-24(28)29-4)21-8-9-22-20-7-6-19-17-27(30-15-16-31-27)14-13-25(19,2)23(20)11-12-26(21,22)3/h5-6,10,18,20-23H,7-9,11-17H2,1-4H3/b10-5+/t18-,20?,21?,22?,23?,25+,26-/m1/s1. The lowest BCUT2D eigenvalue weighted by Gasteiger charge is -2.59. The van der Waals surface area contributed by atoms with Crippen LogP contribution in [0.5, 0.6) is 0 Å². The second-order valence-corrected chi connectivity index (χ2v) is 11.5. The Kier molecular flexibility index (Phi) is 5.41. The Balaban J connectivity index is 1.36. The highest BCUT2D eigenvalue weighted by atomic mass is 16.7. The van der Waals surface area contributed by atoms with Crippen molar-refractivity contribution in [3.63, 3.8) is 0 Å². The minimum atomic E-state index is -0.318. The molecule has 4 aliphatic carbocycles. The minimum absolute atomic E-state index is 0.238. The zero-order valence-electron chi connectivity index (χ0n) is 19.8. The SMILES string of the molecule is COC(=O)/C=C/[C@@H](C)C1CCC2C3CC=C4CC5(CC[C@]4(C)C3CC[C@@]21C)OCCO5. The predicted octanol–water partition coefficient (Wildman–Crippen LogP) is 5.67. The topological polar surface area (TPSA) is 44.8 Å². The van der Waals surface area contributed by atoms with Crippen LogP contribution >= 0.6 is 0 Å². The smallest absolute Gasteiger partial charge is 0.330 e. The molecule has 3 saturated carbocycles. The molecule has 1 spiro atoms. The van der Waals surface area contributed by atoms with Gasteiger partial charge in [0.15, 0.2) is 5.79 Å². The maximum Gasteiger partial charge on any atom is 0.330 e. The molecule has 4 nitrogen and oxygen atoms in total. The molecule has 0 amide bonds. The second-order valence-electron chi connectivity index (χ2n) is 11.5. The average molecular weight is 429 g/mol. The molecule has 1 aliphatic heterocycles. The van der Waals surface area contributed by atoms with Gasteiger partial charge in [-0.05, 0) is 78.9 Å². The summed E-state index contributed by atoms with van der Waals surface area (Å²) in [6.45, 7) is 8.91. The maximum atomic E-state index is 11.6. The van der Waals surface area contributed by atoms with E-state index in [0.29, 0.717) is 22.7 Å². The molecule has 0 aromatic heterocycles. The Morgan fingerprint density at radius 1 is 1.13 bits per heavy atom. The molecular weight excluding hydrogens is 388 g/mol. The number of esters is 1. The van der Waals surface area contributed by atoms with E-state index in [1.807, 2.05) is 0 Å². The molecule has 0 aromatic carbocycles. The van der Waals surface area contributed by atoms with Crippen LogP contribution in [0.25, 0.3) is 0 Å². The highest BCUT2D eigenvalue weighted by Crippen LogP contribution is 2.68. The molecule has 4 unspecified atom stereocenters. The van der Waals surface area contributed by atoms with Crippen LogP contribution in [-0.2, 0) is 19.0 Å². The van der Waals surface area contributed by atoms with Gasteiger partial charge in [-0.25, -0.2) is 4.79 Å². The van der Waals surface area contributed by atoms with Crippen LogP contribution in [0, 0.1) is 40.4 Å². The van der Waals surface area contributed by atoms with Crippen molar-refractivity contribution in [2.24, 2.45) is 40.4 Å². The van der Waals surface area contributed by atoms with E-state index in [0.717, 1.165) is 43.8 Å². The summed E-state index contributed by atoms with van der Waals surface area (Å²) in [6, 6.07) is 0. The molecule has 0 aromatic rings. The Bertz CT molecular complexity index is 778. The number of carbonyl (C=O) groups is 1. The minimum Gasteiger partial charge on any atom is -0.466 e. The lowest BCUT2D eigenvalue weighted by atomic mass is 9.46. The summed E-state index contributed by atoms with van der Waals surface area (Å²) >= 11 is 0. The van der Waals surface area contributed by atoms with Gasteiger partial charge in [0.1, 0.15) is 0 Å². The highest BCUT2D eigenvalue weighted by molar-refractivity contribution is 5.81. The quantitative estimate of drug-likeness (QED) is 0.330. The Hall–Kier alpha value is -1.13. The molecule has 7 atom stereocenters. The molecule has 172 valence electrons. The van der Waals surface area contributed by atoms with Crippen molar-refractivity contribution >= 4 is 5.97 Å². The van der Waals surface area contributed by atoms with Gasteiger partial charge in [0.05, 0.1) is 20.3 Å². The van der Waals surface area contributed by atoms with Crippen molar-refractivity contribution in [2.45, 2.75) is 77.9 Å². The van der Waals surface area contributed by atoms with E-state index in [1.165, 1.54) is 45.6 Å². The fraction of sp³-hybridized carbons (Fsp3) is 0.815. The van der Waals surface area contributed by atoms with Crippen molar-refractivity contribution in [3.8, 4) is 0 Å². The number of hydrogen-bond donors (Lipinski definition) is 0. The van der Waals surface area contributed by atoms with Crippen molar-refractivity contribution in [1.82, 2.24) is 0 Å². The molecule has 1 heterocycles. The van der Waals surface area contributed by atoms with Gasteiger partial charge >= 0.3 is 5.97 Å². The maximum absolute atomic E-state index is 11.6. The first-order valence-electron chi connectivity index (χ1n) is 12.5. The van der Waals surface area contributed by atoms with Gasteiger partial charge in [0.25, 0.3) is 0 Å². The third kappa shape index (κ3) is 3.35. The van der Waals surface area contributed by atoms with Gasteiger partial charge < -0.3 is 14.2 Å². The van der Waals surface area contributed by atoms with E-state index in [4.69, 9.17) is 14.2 Å². The molecule has 0 radical (unpaired) electrons. The summed E-state index contributed by atoms with van der Waals surface area (Å²) in [4.78, 5) is 11.6. The van der Waals surface area contributed by atoms with Crippen LogP contribution in [0.2, 0.25) is 0 Å². The van der Waals surface area contributed by atoms with E-state index in [9.17, 15) is 4.79 Å². The molecule has 4 fully saturated rings. The average Bonchev–Trinajstić information content (AvgIpc) is 3.36. The number of ether oxygens (including phenoxy) is 3. The van der Waals surface area contributed by atoms with E-state index in [1.54, 1.807) is 11.6 Å². The zero-order chi connectivity index (χ0) is 21.9. The molecule has 0 bridgehead atoms. The lowest BCUT2D eigenvalue weighted by Crippen LogP contribution is -2.52. The number of allylic oxidation sites excluding steroid dienone is 2. The molecule has 5 aliphatic rings. The largest absolute Gasteiger partial charge is 0.466 e. The highest BCUT2D eigenvalue weighted by Gasteiger charge is 2.60. The van der Waals surface area contributed by atoms with Crippen molar-refractivity contribution in [1.29, 1.82) is 0 Å². The van der Waals surface area contributed by atoms with Gasteiger partial charge in [-0.1, -0.05) is 38.5 Å². The molecular formula is C27H40O4. The summed E-state index contributed by atoms with van der Waals surface area (Å²) in [5.41, 5.74) is 2.32. The van der Waals surface area contributed by atoms with Crippen LogP contribution < -0.4 is 0 Å². The first-order chi connectivity index (χ1) is 14.8. The molecule has 5 rings (SSSR count). The summed E-state index contributed by atoms with van der Waals surface area (Å²) in [7, 11) is 1.45. The van der Waals surface area contributed by atoms with E-state index in [2.05, 4.69) is 32.9 Å². The van der Waals surface area contributed by atoms with Crippen molar-refractivity contribution < 1.29 is 19.0 Å². The zero-order valence-corrected chi connectivity index (χ0v) is 19.8. The first-order valence-corrected chi connectivity index (χ1v) is 12.5. The van der Waals surface area contributed by atoms with Crippen LogP contribution in [0.3, 0.4) is 0 Å². The van der Waals surface area contributed by atoms with Gasteiger partial charge in [0.2, 0.25) is 0 Å². The Labute approximate surface area is 187 Å². The van der Waals surface area contributed by atoms with Gasteiger partial charge in [-0.3, -0.25) is 0 Å². The lowest BCUT2D eigenvalue weighted by molar-refractivity contribution is -0.185. The second kappa shape index (κ2) is 7.73. The number of carbonyl (C=O) groups excluding carboxylic acids is 1. The van der Waals surface area contributed by atoms with Crippen LogP contribution in [0.1, 0.15) is 72.1 Å². The van der Waals surface area contributed by atoms with E-state index >= 15 is 0 Å². The predicted molar refractivity (Wildman–Crippen MR) is 120 cm³/mol. The third-order valence-electron chi connectivity index (χ3n) is 10.4. The Morgan fingerprint density at radius 2 is 1.90 bits per heavy atom. The monoisotopic (exact) mass is 428 g/mol. The molecule has 4 heteroatoms. The summed E-state index contributed by atoms with van der Waals surface area (Å²) < 4.78 is 17.0. The number of hydrogen-bond acceptors (Lipinski definition) is 4. The van der Waals surface area contributed by atoms with Gasteiger partial charge in [0, 0.05) is 18.9 Å². The molecule has 0 N–H and O–H groups in total. The van der Waals surface area contributed by atoms with Gasteiger partial charge in [-0.15, -0.1) is 0 Å².